The third kappa shape index (κ3) is 7.99. The maximum atomic E-state index is 12.8. The van der Waals surface area contributed by atoms with E-state index in [0.29, 0.717) is 5.75 Å². The molecule has 184 valence electrons. The molecular formula is C30H34O5. The van der Waals surface area contributed by atoms with Crippen LogP contribution in [0.5, 0.6) is 5.75 Å². The van der Waals surface area contributed by atoms with Crippen molar-refractivity contribution in [3.8, 4) is 16.9 Å². The van der Waals surface area contributed by atoms with E-state index >= 15 is 0 Å². The minimum atomic E-state index is -0.634. The van der Waals surface area contributed by atoms with Crippen LogP contribution < -0.4 is 4.74 Å². The Morgan fingerprint density at radius 3 is 1.89 bits per heavy atom. The number of hydrogen-bond donors (Lipinski definition) is 0. The predicted octanol–water partition coefficient (Wildman–Crippen LogP) is 6.77. The lowest BCUT2D eigenvalue weighted by Gasteiger charge is -2.27. The molecule has 5 nitrogen and oxygen atoms in total. The summed E-state index contributed by atoms with van der Waals surface area (Å²) in [6.07, 6.45) is -1.16. The van der Waals surface area contributed by atoms with Gasteiger partial charge in [0.25, 0.3) is 0 Å². The topological polar surface area (TPSA) is 61.8 Å². The standard InChI is InChI=1S/C30H34O5/c1-21(20-27(31)35-30(3,4)5)29(32)33-22(2)28(34-26-14-10-7-11-15-26)25-18-16-24(17-19-25)23-12-8-6-9-13-23/h6-19,21-22,28H,20H2,1-5H3/t21-,22+,28+/m1/s1. The van der Waals surface area contributed by atoms with Crippen LogP contribution in [0, 0.1) is 5.92 Å². The second kappa shape index (κ2) is 11.7. The molecule has 0 amide bonds. The van der Waals surface area contributed by atoms with Crippen LogP contribution in [-0.2, 0) is 19.1 Å². The van der Waals surface area contributed by atoms with Crippen molar-refractivity contribution in [2.75, 3.05) is 0 Å². The molecule has 35 heavy (non-hydrogen) atoms. The number of hydrogen-bond acceptors (Lipinski definition) is 5. The summed E-state index contributed by atoms with van der Waals surface area (Å²) in [5, 5.41) is 0. The van der Waals surface area contributed by atoms with Gasteiger partial charge in [0.1, 0.15) is 17.5 Å². The maximum Gasteiger partial charge on any atom is 0.309 e. The monoisotopic (exact) mass is 474 g/mol. The van der Waals surface area contributed by atoms with Gasteiger partial charge in [-0.1, -0.05) is 79.7 Å². The Bertz CT molecular complexity index is 1090. The fraction of sp³-hybridized carbons (Fsp3) is 0.333. The Morgan fingerprint density at radius 1 is 0.771 bits per heavy atom. The van der Waals surface area contributed by atoms with Gasteiger partial charge in [0, 0.05) is 0 Å². The van der Waals surface area contributed by atoms with Gasteiger partial charge in [-0.25, -0.2) is 0 Å². The number of para-hydroxylation sites is 1. The van der Waals surface area contributed by atoms with Crippen molar-refractivity contribution in [2.24, 2.45) is 5.92 Å². The molecule has 0 aliphatic rings. The second-order valence-corrected chi connectivity index (χ2v) is 9.67. The van der Waals surface area contributed by atoms with Crippen LogP contribution >= 0.6 is 0 Å². The molecule has 0 aliphatic heterocycles. The molecule has 0 saturated heterocycles. The lowest BCUT2D eigenvalue weighted by atomic mass is 9.99. The van der Waals surface area contributed by atoms with Crippen LogP contribution in [0.2, 0.25) is 0 Å². The number of carbonyl (C=O) groups excluding carboxylic acids is 2. The van der Waals surface area contributed by atoms with Gasteiger partial charge < -0.3 is 14.2 Å². The summed E-state index contributed by atoms with van der Waals surface area (Å²) in [6.45, 7) is 8.86. The molecule has 0 spiro atoms. The zero-order chi connectivity index (χ0) is 25.4. The highest BCUT2D eigenvalue weighted by Crippen LogP contribution is 2.29. The Kier molecular flexibility index (Phi) is 8.69. The third-order valence-electron chi connectivity index (χ3n) is 5.38. The van der Waals surface area contributed by atoms with Gasteiger partial charge in [-0.05, 0) is 56.5 Å². The normalized spacial score (nSPS) is 13.9. The smallest absolute Gasteiger partial charge is 0.309 e. The van der Waals surface area contributed by atoms with E-state index in [1.807, 2.05) is 72.8 Å². The van der Waals surface area contributed by atoms with Gasteiger partial charge in [0.15, 0.2) is 6.10 Å². The van der Waals surface area contributed by atoms with E-state index in [-0.39, 0.29) is 6.42 Å². The molecule has 0 N–H and O–H groups in total. The number of ether oxygens (including phenoxy) is 3. The molecule has 3 aromatic rings. The molecule has 0 radical (unpaired) electrons. The van der Waals surface area contributed by atoms with E-state index in [0.717, 1.165) is 16.7 Å². The summed E-state index contributed by atoms with van der Waals surface area (Å²) in [4.78, 5) is 24.9. The maximum absolute atomic E-state index is 12.8. The number of esters is 2. The Morgan fingerprint density at radius 2 is 1.31 bits per heavy atom. The second-order valence-electron chi connectivity index (χ2n) is 9.67. The van der Waals surface area contributed by atoms with Gasteiger partial charge in [-0.15, -0.1) is 0 Å². The van der Waals surface area contributed by atoms with Crippen LogP contribution in [0.4, 0.5) is 0 Å². The molecule has 3 rings (SSSR count). The average molecular weight is 475 g/mol. The minimum absolute atomic E-state index is 0.0429. The average Bonchev–Trinajstić information content (AvgIpc) is 2.82. The van der Waals surface area contributed by atoms with Crippen LogP contribution in [0.1, 0.15) is 52.7 Å². The van der Waals surface area contributed by atoms with E-state index in [1.54, 1.807) is 34.6 Å². The fourth-order valence-corrected chi connectivity index (χ4v) is 3.65. The molecule has 3 aromatic carbocycles. The highest BCUT2D eigenvalue weighted by molar-refractivity contribution is 5.80. The SMILES string of the molecule is C[C@H](CC(=O)OC(C)(C)C)C(=O)O[C@@H](C)[C@H](Oc1ccccc1)c1ccc(-c2ccccc2)cc1. The summed E-state index contributed by atoms with van der Waals surface area (Å²) < 4.78 is 17.4. The van der Waals surface area contributed by atoms with Crippen LogP contribution in [0.15, 0.2) is 84.9 Å². The van der Waals surface area contributed by atoms with Crippen LogP contribution in [-0.4, -0.2) is 23.6 Å². The first-order chi connectivity index (χ1) is 16.6. The van der Waals surface area contributed by atoms with Crippen LogP contribution in [0.25, 0.3) is 11.1 Å². The first-order valence-corrected chi connectivity index (χ1v) is 11.9. The zero-order valence-electron chi connectivity index (χ0n) is 21.1. The molecular weight excluding hydrogens is 440 g/mol. The fourth-order valence-electron chi connectivity index (χ4n) is 3.65. The number of rotatable bonds is 9. The molecule has 0 aromatic heterocycles. The van der Waals surface area contributed by atoms with E-state index < -0.39 is 35.7 Å². The van der Waals surface area contributed by atoms with Gasteiger partial charge in [-0.2, -0.15) is 0 Å². The van der Waals surface area contributed by atoms with Crippen molar-refractivity contribution in [1.29, 1.82) is 0 Å². The summed E-state index contributed by atoms with van der Waals surface area (Å²) >= 11 is 0. The molecule has 0 bridgehead atoms. The molecule has 0 fully saturated rings. The highest BCUT2D eigenvalue weighted by Gasteiger charge is 2.29. The molecule has 0 saturated carbocycles. The van der Waals surface area contributed by atoms with E-state index in [2.05, 4.69) is 12.1 Å². The molecule has 0 heterocycles. The predicted molar refractivity (Wildman–Crippen MR) is 137 cm³/mol. The summed E-state index contributed by atoms with van der Waals surface area (Å²) in [5.41, 5.74) is 2.49. The van der Waals surface area contributed by atoms with Crippen LogP contribution in [0.3, 0.4) is 0 Å². The quantitative estimate of drug-likeness (QED) is 0.320. The van der Waals surface area contributed by atoms with Gasteiger partial charge >= 0.3 is 11.9 Å². The Hall–Kier alpha value is -3.60. The molecule has 0 unspecified atom stereocenters. The molecule has 0 aliphatic carbocycles. The zero-order valence-corrected chi connectivity index (χ0v) is 21.1. The highest BCUT2D eigenvalue weighted by atomic mass is 16.6. The van der Waals surface area contributed by atoms with Crippen molar-refractivity contribution in [3.63, 3.8) is 0 Å². The summed E-state index contributed by atoms with van der Waals surface area (Å²) in [6, 6.07) is 27.6. The van der Waals surface area contributed by atoms with Gasteiger partial charge in [0.05, 0.1) is 12.3 Å². The lowest BCUT2D eigenvalue weighted by molar-refractivity contribution is -0.165. The van der Waals surface area contributed by atoms with Crippen molar-refractivity contribution in [2.45, 2.75) is 58.8 Å². The first-order valence-electron chi connectivity index (χ1n) is 11.9. The minimum Gasteiger partial charge on any atom is -0.482 e. The first kappa shape index (κ1) is 26.0. The van der Waals surface area contributed by atoms with E-state index in [1.165, 1.54) is 0 Å². The Labute approximate surface area is 208 Å². The number of carbonyl (C=O) groups is 2. The molecule has 5 heteroatoms. The van der Waals surface area contributed by atoms with Crippen molar-refractivity contribution in [1.82, 2.24) is 0 Å². The third-order valence-corrected chi connectivity index (χ3v) is 5.38. The van der Waals surface area contributed by atoms with Crippen molar-refractivity contribution < 1.29 is 23.8 Å². The lowest BCUT2D eigenvalue weighted by Crippen LogP contribution is -2.31. The summed E-state index contributed by atoms with van der Waals surface area (Å²) in [5.74, 6) is -0.853. The number of benzene rings is 3. The Balaban J connectivity index is 1.75. The van der Waals surface area contributed by atoms with Gasteiger partial charge in [0.2, 0.25) is 0 Å². The van der Waals surface area contributed by atoms with E-state index in [9.17, 15) is 9.59 Å². The van der Waals surface area contributed by atoms with E-state index in [4.69, 9.17) is 14.2 Å². The van der Waals surface area contributed by atoms with Crippen molar-refractivity contribution in [3.05, 3.63) is 90.5 Å². The largest absolute Gasteiger partial charge is 0.482 e. The molecule has 3 atom stereocenters. The van der Waals surface area contributed by atoms with Gasteiger partial charge in [-0.3, -0.25) is 9.59 Å². The van der Waals surface area contributed by atoms with Crippen molar-refractivity contribution >= 4 is 11.9 Å². The summed E-state index contributed by atoms with van der Waals surface area (Å²) in [7, 11) is 0.